The van der Waals surface area contributed by atoms with E-state index in [-0.39, 0.29) is 12.3 Å². The Labute approximate surface area is 171 Å². The normalized spacial score (nSPS) is 10.2. The largest absolute Gasteiger partial charge is 0.493 e. The fraction of sp³-hybridized carbons (Fsp3) is 0.150. The van der Waals surface area contributed by atoms with E-state index in [0.29, 0.717) is 33.5 Å². The quantitative estimate of drug-likeness (QED) is 0.641. The molecule has 1 heterocycles. The van der Waals surface area contributed by atoms with Crippen molar-refractivity contribution in [1.29, 1.82) is 5.26 Å². The lowest BCUT2D eigenvalue weighted by Crippen LogP contribution is -2.14. The number of carbonyl (C=O) groups excluding carboxylic acids is 1. The molecule has 2 aromatic carbocycles. The zero-order chi connectivity index (χ0) is 20.1. The first-order chi connectivity index (χ1) is 13.5. The smallest absolute Gasteiger partial charge is 0.230 e. The van der Waals surface area contributed by atoms with E-state index in [1.54, 1.807) is 32.4 Å². The van der Waals surface area contributed by atoms with E-state index >= 15 is 0 Å². The molecule has 0 bridgehead atoms. The lowest BCUT2D eigenvalue weighted by molar-refractivity contribution is -0.115. The standard InChI is InChI=1S/C20H16ClN3O3S/c1-26-17-6-4-12(7-18(17)27-2)20-24-15(11-28-20)9-19(25)23-14-5-3-13(10-22)16(21)8-14/h3-8,11H,9H2,1-2H3,(H,23,25). The number of nitrogens with zero attached hydrogens (tertiary/aromatic N) is 2. The second-order valence-electron chi connectivity index (χ2n) is 5.75. The average Bonchev–Trinajstić information content (AvgIpc) is 3.15. The summed E-state index contributed by atoms with van der Waals surface area (Å²) in [4.78, 5) is 16.8. The minimum absolute atomic E-state index is 0.126. The van der Waals surface area contributed by atoms with E-state index in [0.717, 1.165) is 10.6 Å². The molecule has 0 aliphatic heterocycles. The molecule has 0 fully saturated rings. The maximum absolute atomic E-state index is 12.3. The fourth-order valence-corrected chi connectivity index (χ4v) is 3.58. The molecule has 0 atom stereocenters. The van der Waals surface area contributed by atoms with Crippen molar-refractivity contribution in [3.8, 4) is 28.1 Å². The fourth-order valence-electron chi connectivity index (χ4n) is 2.54. The van der Waals surface area contributed by atoms with Gasteiger partial charge in [-0.3, -0.25) is 4.79 Å². The molecule has 0 aliphatic rings. The third-order valence-electron chi connectivity index (χ3n) is 3.90. The number of rotatable bonds is 6. The molecule has 1 amide bonds. The second-order valence-corrected chi connectivity index (χ2v) is 7.01. The molecule has 28 heavy (non-hydrogen) atoms. The number of methoxy groups -OCH3 is 2. The number of aromatic nitrogens is 1. The van der Waals surface area contributed by atoms with E-state index < -0.39 is 0 Å². The van der Waals surface area contributed by atoms with Gasteiger partial charge in [0.05, 0.1) is 36.9 Å². The number of anilines is 1. The van der Waals surface area contributed by atoms with Crippen LogP contribution in [0.4, 0.5) is 5.69 Å². The molecule has 0 saturated heterocycles. The first-order valence-electron chi connectivity index (χ1n) is 8.20. The lowest BCUT2D eigenvalue weighted by atomic mass is 10.2. The number of hydrogen-bond acceptors (Lipinski definition) is 6. The number of thiazole rings is 1. The molecule has 0 unspecified atom stereocenters. The number of carbonyl (C=O) groups is 1. The highest BCUT2D eigenvalue weighted by Gasteiger charge is 2.12. The van der Waals surface area contributed by atoms with Crippen molar-refractivity contribution >= 4 is 34.5 Å². The molecule has 0 radical (unpaired) electrons. The monoisotopic (exact) mass is 413 g/mol. The number of nitriles is 1. The lowest BCUT2D eigenvalue weighted by Gasteiger charge is -2.08. The van der Waals surface area contributed by atoms with Gasteiger partial charge < -0.3 is 14.8 Å². The van der Waals surface area contributed by atoms with Crippen LogP contribution in [0.3, 0.4) is 0 Å². The van der Waals surface area contributed by atoms with Crippen molar-refractivity contribution in [2.45, 2.75) is 6.42 Å². The van der Waals surface area contributed by atoms with Crippen LogP contribution in [-0.4, -0.2) is 25.1 Å². The molecule has 0 aliphatic carbocycles. The summed E-state index contributed by atoms with van der Waals surface area (Å²) in [5.74, 6) is 1.04. The summed E-state index contributed by atoms with van der Waals surface area (Å²) in [7, 11) is 3.16. The Morgan fingerprint density at radius 1 is 1.21 bits per heavy atom. The molecule has 1 aromatic heterocycles. The molecule has 8 heteroatoms. The number of halogens is 1. The summed E-state index contributed by atoms with van der Waals surface area (Å²) in [5, 5.41) is 14.6. The average molecular weight is 414 g/mol. The van der Waals surface area contributed by atoms with E-state index in [1.165, 1.54) is 11.3 Å². The Morgan fingerprint density at radius 3 is 2.68 bits per heavy atom. The predicted octanol–water partition coefficient (Wildman–Crippen LogP) is 4.53. The Hall–Kier alpha value is -3.08. The van der Waals surface area contributed by atoms with Crippen LogP contribution in [0, 0.1) is 11.3 Å². The van der Waals surface area contributed by atoms with Gasteiger partial charge in [-0.2, -0.15) is 5.26 Å². The van der Waals surface area contributed by atoms with Gasteiger partial charge in [-0.1, -0.05) is 11.6 Å². The summed E-state index contributed by atoms with van der Waals surface area (Å²) < 4.78 is 10.6. The molecule has 0 saturated carbocycles. The first kappa shape index (κ1) is 19.7. The predicted molar refractivity (Wildman–Crippen MR) is 109 cm³/mol. The zero-order valence-electron chi connectivity index (χ0n) is 15.2. The third kappa shape index (κ3) is 4.42. The zero-order valence-corrected chi connectivity index (χ0v) is 16.7. The number of benzene rings is 2. The topological polar surface area (TPSA) is 84.2 Å². The Balaban J connectivity index is 1.70. The highest BCUT2D eigenvalue weighted by atomic mass is 35.5. The van der Waals surface area contributed by atoms with Gasteiger partial charge in [-0.05, 0) is 36.4 Å². The number of amides is 1. The van der Waals surface area contributed by atoms with Crippen LogP contribution in [0.5, 0.6) is 11.5 Å². The molecular formula is C20H16ClN3O3S. The van der Waals surface area contributed by atoms with Crippen LogP contribution in [0.2, 0.25) is 5.02 Å². The highest BCUT2D eigenvalue weighted by molar-refractivity contribution is 7.13. The van der Waals surface area contributed by atoms with E-state index in [9.17, 15) is 4.79 Å². The Bertz CT molecular complexity index is 1060. The highest BCUT2D eigenvalue weighted by Crippen LogP contribution is 2.33. The summed E-state index contributed by atoms with van der Waals surface area (Å²) in [6, 6.07) is 12.3. The molecule has 0 spiro atoms. The first-order valence-corrected chi connectivity index (χ1v) is 9.46. The van der Waals surface area contributed by atoms with Crippen molar-refractivity contribution in [2.24, 2.45) is 0 Å². The molecule has 3 rings (SSSR count). The summed E-state index contributed by atoms with van der Waals surface area (Å²) in [6.07, 6.45) is 0.126. The van der Waals surface area contributed by atoms with Crippen LogP contribution in [0.15, 0.2) is 41.8 Å². The van der Waals surface area contributed by atoms with Crippen molar-refractivity contribution in [2.75, 3.05) is 19.5 Å². The van der Waals surface area contributed by atoms with Crippen molar-refractivity contribution in [1.82, 2.24) is 4.98 Å². The molecule has 1 N–H and O–H groups in total. The molecule has 142 valence electrons. The van der Waals surface area contributed by atoms with Gasteiger partial charge in [-0.15, -0.1) is 11.3 Å². The van der Waals surface area contributed by atoms with Crippen LogP contribution < -0.4 is 14.8 Å². The van der Waals surface area contributed by atoms with Crippen LogP contribution in [0.1, 0.15) is 11.3 Å². The van der Waals surface area contributed by atoms with Gasteiger partial charge in [0, 0.05) is 16.6 Å². The molecular weight excluding hydrogens is 398 g/mol. The van der Waals surface area contributed by atoms with Crippen LogP contribution in [-0.2, 0) is 11.2 Å². The van der Waals surface area contributed by atoms with Gasteiger partial charge in [0.25, 0.3) is 0 Å². The minimum atomic E-state index is -0.218. The molecule has 6 nitrogen and oxygen atoms in total. The van der Waals surface area contributed by atoms with Gasteiger partial charge in [0.15, 0.2) is 11.5 Å². The summed E-state index contributed by atoms with van der Waals surface area (Å²) >= 11 is 7.43. The van der Waals surface area contributed by atoms with Crippen molar-refractivity contribution in [3.05, 3.63) is 58.1 Å². The van der Waals surface area contributed by atoms with Gasteiger partial charge in [0.1, 0.15) is 11.1 Å². The van der Waals surface area contributed by atoms with Gasteiger partial charge in [0.2, 0.25) is 5.91 Å². The number of ether oxygens (including phenoxy) is 2. The van der Waals surface area contributed by atoms with E-state index in [1.807, 2.05) is 29.6 Å². The second kappa shape index (κ2) is 8.74. The third-order valence-corrected chi connectivity index (χ3v) is 5.15. The van der Waals surface area contributed by atoms with Gasteiger partial charge in [-0.25, -0.2) is 4.98 Å². The SMILES string of the molecule is COc1ccc(-c2nc(CC(=O)Nc3ccc(C#N)c(Cl)c3)cs2)cc1OC. The van der Waals surface area contributed by atoms with E-state index in [2.05, 4.69) is 10.3 Å². The van der Waals surface area contributed by atoms with Crippen LogP contribution >= 0.6 is 22.9 Å². The summed E-state index contributed by atoms with van der Waals surface area (Å²) in [6.45, 7) is 0. The maximum Gasteiger partial charge on any atom is 0.230 e. The molecule has 3 aromatic rings. The number of hydrogen-bond donors (Lipinski definition) is 1. The Kier molecular flexibility index (Phi) is 6.14. The maximum atomic E-state index is 12.3. The van der Waals surface area contributed by atoms with Crippen molar-refractivity contribution < 1.29 is 14.3 Å². The van der Waals surface area contributed by atoms with E-state index in [4.69, 9.17) is 26.3 Å². The Morgan fingerprint density at radius 2 is 2.00 bits per heavy atom. The minimum Gasteiger partial charge on any atom is -0.493 e. The van der Waals surface area contributed by atoms with Crippen molar-refractivity contribution in [3.63, 3.8) is 0 Å². The summed E-state index contributed by atoms with van der Waals surface area (Å²) in [5.41, 5.74) is 2.43. The number of nitrogens with one attached hydrogen (secondary N) is 1. The van der Waals surface area contributed by atoms with Gasteiger partial charge >= 0.3 is 0 Å². The van der Waals surface area contributed by atoms with Crippen LogP contribution in [0.25, 0.3) is 10.6 Å².